The van der Waals surface area contributed by atoms with Crippen molar-refractivity contribution >= 4 is 29.4 Å². The molecule has 7 nitrogen and oxygen atoms in total. The van der Waals surface area contributed by atoms with Gasteiger partial charge in [-0.1, -0.05) is 0 Å². The molecule has 0 saturated carbocycles. The molecule has 3 N–H and O–H groups in total. The maximum Gasteiger partial charge on any atom is 0.326 e. The van der Waals surface area contributed by atoms with Gasteiger partial charge in [-0.3, -0.25) is 9.59 Å². The Morgan fingerprint density at radius 1 is 1.41 bits per heavy atom. The Bertz CT molecular complexity index is 454. The molecule has 0 aliphatic carbocycles. The molecule has 1 amide bonds. The van der Waals surface area contributed by atoms with E-state index >= 15 is 0 Å². The average Bonchev–Trinajstić information content (AvgIpc) is 2.62. The van der Waals surface area contributed by atoms with Gasteiger partial charge in [0.05, 0.1) is 18.2 Å². The van der Waals surface area contributed by atoms with Gasteiger partial charge in [0.2, 0.25) is 5.22 Å². The quantitative estimate of drug-likeness (QED) is 0.714. The first-order valence-electron chi connectivity index (χ1n) is 4.40. The largest absolute Gasteiger partial charge is 0.481 e. The van der Waals surface area contributed by atoms with Crippen molar-refractivity contribution in [3.8, 4) is 0 Å². The predicted molar refractivity (Wildman–Crippen MR) is 54.9 cm³/mol. The molecule has 0 aliphatic rings. The van der Waals surface area contributed by atoms with Crippen LogP contribution < -0.4 is 5.32 Å². The molecular weight excluding hydrogens is 254 g/mol. The van der Waals surface area contributed by atoms with E-state index < -0.39 is 30.3 Å². The van der Waals surface area contributed by atoms with Gasteiger partial charge in [-0.25, -0.2) is 4.79 Å². The lowest BCUT2D eigenvalue weighted by molar-refractivity contribution is -0.145. The molecule has 1 aromatic rings. The lowest BCUT2D eigenvalue weighted by Crippen LogP contribution is -2.42. The molecule has 1 aromatic heterocycles. The Kier molecular flexibility index (Phi) is 4.11. The molecule has 0 radical (unpaired) electrons. The molecule has 1 rings (SSSR count). The molecule has 0 fully saturated rings. The molecule has 92 valence electrons. The minimum absolute atomic E-state index is 0.0525. The maximum atomic E-state index is 11.5. The molecule has 1 atom stereocenters. The van der Waals surface area contributed by atoms with E-state index in [1.807, 2.05) is 5.32 Å². The van der Waals surface area contributed by atoms with Crippen LogP contribution in [-0.4, -0.2) is 34.1 Å². The highest BCUT2D eigenvalue weighted by Gasteiger charge is 2.25. The summed E-state index contributed by atoms with van der Waals surface area (Å²) in [6, 6.07) is -0.275. The first kappa shape index (κ1) is 13.0. The van der Waals surface area contributed by atoms with Crippen molar-refractivity contribution in [2.75, 3.05) is 0 Å². The van der Waals surface area contributed by atoms with Gasteiger partial charge in [0.1, 0.15) is 6.04 Å². The zero-order chi connectivity index (χ0) is 13.0. The van der Waals surface area contributed by atoms with Crippen molar-refractivity contribution in [2.45, 2.75) is 12.5 Å². The van der Waals surface area contributed by atoms with Crippen molar-refractivity contribution in [1.82, 2.24) is 5.32 Å². The summed E-state index contributed by atoms with van der Waals surface area (Å²) in [5.41, 5.74) is -0.0525. The van der Waals surface area contributed by atoms with Crippen LogP contribution in [0.5, 0.6) is 0 Å². The van der Waals surface area contributed by atoms with Gasteiger partial charge in [-0.05, 0) is 17.7 Å². The Balaban J connectivity index is 2.74. The smallest absolute Gasteiger partial charge is 0.326 e. The Labute approximate surface area is 100.0 Å². The zero-order valence-corrected chi connectivity index (χ0v) is 9.10. The first-order chi connectivity index (χ1) is 7.91. The van der Waals surface area contributed by atoms with Crippen LogP contribution in [0.2, 0.25) is 5.22 Å². The van der Waals surface area contributed by atoms with Crippen LogP contribution >= 0.6 is 11.6 Å². The summed E-state index contributed by atoms with van der Waals surface area (Å²) in [6.45, 7) is 0. The molecule has 0 spiro atoms. The highest BCUT2D eigenvalue weighted by molar-refractivity contribution is 6.32. The number of amides is 1. The van der Waals surface area contributed by atoms with Crippen molar-refractivity contribution in [2.24, 2.45) is 0 Å². The van der Waals surface area contributed by atoms with E-state index in [9.17, 15) is 14.4 Å². The second kappa shape index (κ2) is 5.35. The summed E-state index contributed by atoms with van der Waals surface area (Å²) in [6.07, 6.45) is 0.431. The van der Waals surface area contributed by atoms with Gasteiger partial charge in [0, 0.05) is 0 Å². The normalized spacial score (nSPS) is 11.8. The van der Waals surface area contributed by atoms with Crippen LogP contribution in [0.15, 0.2) is 16.7 Å². The fraction of sp³-hybridized carbons (Fsp3) is 0.222. The summed E-state index contributed by atoms with van der Waals surface area (Å²) < 4.78 is 4.65. The molecule has 8 heteroatoms. The number of hydrogen-bond acceptors (Lipinski definition) is 4. The third-order valence-corrected chi connectivity index (χ3v) is 2.14. The third-order valence-electron chi connectivity index (χ3n) is 1.84. The summed E-state index contributed by atoms with van der Waals surface area (Å²) in [5, 5.41) is 19.0. The number of halogens is 1. The second-order valence-corrected chi connectivity index (χ2v) is 3.41. The van der Waals surface area contributed by atoms with Crippen molar-refractivity contribution in [1.29, 1.82) is 0 Å². The molecule has 17 heavy (non-hydrogen) atoms. The van der Waals surface area contributed by atoms with E-state index in [1.165, 1.54) is 6.07 Å². The van der Waals surface area contributed by atoms with Crippen molar-refractivity contribution < 1.29 is 29.0 Å². The summed E-state index contributed by atoms with van der Waals surface area (Å²) in [4.78, 5) is 32.6. The number of carbonyl (C=O) groups excluding carboxylic acids is 1. The molecule has 1 unspecified atom stereocenters. The number of carbonyl (C=O) groups is 3. The van der Waals surface area contributed by atoms with Crippen LogP contribution in [0.25, 0.3) is 0 Å². The van der Waals surface area contributed by atoms with Crippen LogP contribution in [0.1, 0.15) is 16.8 Å². The fourth-order valence-electron chi connectivity index (χ4n) is 1.07. The minimum Gasteiger partial charge on any atom is -0.481 e. The van der Waals surface area contributed by atoms with Gasteiger partial charge < -0.3 is 19.9 Å². The Morgan fingerprint density at radius 3 is 2.47 bits per heavy atom. The Hall–Kier alpha value is -2.02. The van der Waals surface area contributed by atoms with E-state index in [2.05, 4.69) is 4.42 Å². The molecular formula is C9H8ClNO6. The first-order valence-corrected chi connectivity index (χ1v) is 4.78. The molecule has 0 saturated heterocycles. The number of aliphatic carboxylic acids is 2. The van der Waals surface area contributed by atoms with Crippen LogP contribution in [0, 0.1) is 0 Å². The van der Waals surface area contributed by atoms with Crippen LogP contribution in [-0.2, 0) is 9.59 Å². The maximum absolute atomic E-state index is 11.5. The van der Waals surface area contributed by atoms with Crippen LogP contribution in [0.3, 0.4) is 0 Å². The fourth-order valence-corrected chi connectivity index (χ4v) is 1.27. The van der Waals surface area contributed by atoms with Gasteiger partial charge >= 0.3 is 11.9 Å². The second-order valence-electron chi connectivity index (χ2n) is 3.07. The highest BCUT2D eigenvalue weighted by atomic mass is 35.5. The topological polar surface area (TPSA) is 117 Å². The summed E-state index contributed by atoms with van der Waals surface area (Å²) in [5.74, 6) is -3.59. The number of carboxylic acids is 2. The van der Waals surface area contributed by atoms with E-state index in [-0.39, 0.29) is 10.8 Å². The van der Waals surface area contributed by atoms with E-state index in [4.69, 9.17) is 21.8 Å². The summed E-state index contributed by atoms with van der Waals surface area (Å²) in [7, 11) is 0. The minimum atomic E-state index is -1.52. The monoisotopic (exact) mass is 261 g/mol. The molecule has 0 bridgehead atoms. The highest BCUT2D eigenvalue weighted by Crippen LogP contribution is 2.16. The third kappa shape index (κ3) is 3.49. The van der Waals surface area contributed by atoms with E-state index in [0.29, 0.717) is 0 Å². The zero-order valence-electron chi connectivity index (χ0n) is 8.34. The predicted octanol–water partition coefficient (Wildman–Crippen LogP) is 0.591. The molecule has 1 heterocycles. The van der Waals surface area contributed by atoms with Crippen molar-refractivity contribution in [3.05, 3.63) is 23.1 Å². The average molecular weight is 262 g/mol. The van der Waals surface area contributed by atoms with Crippen molar-refractivity contribution in [3.63, 3.8) is 0 Å². The van der Waals surface area contributed by atoms with Gasteiger partial charge in [-0.15, -0.1) is 0 Å². The molecule has 0 aromatic carbocycles. The number of carboxylic acid groups (broad SMARTS) is 2. The number of hydrogen-bond donors (Lipinski definition) is 3. The van der Waals surface area contributed by atoms with Gasteiger partial charge in [0.25, 0.3) is 5.91 Å². The number of nitrogens with one attached hydrogen (secondary N) is 1. The summed E-state index contributed by atoms with van der Waals surface area (Å²) >= 11 is 5.51. The standard InChI is InChI=1S/C9H8ClNO6/c10-7-4(1-2-17-7)8(14)11-5(9(15)16)3-6(12)13/h1-2,5H,3H2,(H,11,14)(H,12,13)(H,15,16). The van der Waals surface area contributed by atoms with E-state index in [1.54, 1.807) is 0 Å². The van der Waals surface area contributed by atoms with Gasteiger partial charge in [0.15, 0.2) is 0 Å². The SMILES string of the molecule is O=C(O)CC(NC(=O)c1ccoc1Cl)C(=O)O. The van der Waals surface area contributed by atoms with E-state index in [0.717, 1.165) is 6.26 Å². The van der Waals surface area contributed by atoms with Gasteiger partial charge in [-0.2, -0.15) is 0 Å². The Morgan fingerprint density at radius 2 is 2.06 bits per heavy atom. The number of furan rings is 1. The number of rotatable bonds is 5. The lowest BCUT2D eigenvalue weighted by atomic mass is 10.2. The molecule has 0 aliphatic heterocycles. The lowest BCUT2D eigenvalue weighted by Gasteiger charge is -2.11. The van der Waals surface area contributed by atoms with Crippen LogP contribution in [0.4, 0.5) is 0 Å².